The van der Waals surface area contributed by atoms with Crippen LogP contribution in [0.3, 0.4) is 0 Å². The standard InChI is InChI=1S/C12H18FNO2/c1-9(14)10-4-5-12(11(13)8-10)16-7-3-6-15-2/h4-5,8-9H,3,6-7,14H2,1-2H3/t9-/m0/s1. The van der Waals surface area contributed by atoms with E-state index < -0.39 is 0 Å². The molecule has 1 rings (SSSR count). The van der Waals surface area contributed by atoms with Crippen LogP contribution < -0.4 is 10.5 Å². The van der Waals surface area contributed by atoms with Gasteiger partial charge in [-0.25, -0.2) is 4.39 Å². The van der Waals surface area contributed by atoms with Crippen molar-refractivity contribution >= 4 is 0 Å². The average molecular weight is 227 g/mol. The van der Waals surface area contributed by atoms with E-state index in [0.717, 1.165) is 12.0 Å². The lowest BCUT2D eigenvalue weighted by Crippen LogP contribution is -2.06. The molecule has 0 heterocycles. The van der Waals surface area contributed by atoms with E-state index in [0.29, 0.717) is 13.2 Å². The highest BCUT2D eigenvalue weighted by atomic mass is 19.1. The quantitative estimate of drug-likeness (QED) is 0.758. The first-order valence-electron chi connectivity index (χ1n) is 5.32. The molecule has 0 aliphatic heterocycles. The third-order valence-corrected chi connectivity index (χ3v) is 2.23. The first kappa shape index (κ1) is 12.9. The van der Waals surface area contributed by atoms with Crippen molar-refractivity contribution in [2.24, 2.45) is 5.73 Å². The second kappa shape index (κ2) is 6.45. The Balaban J connectivity index is 2.54. The first-order valence-corrected chi connectivity index (χ1v) is 5.32. The fourth-order valence-electron chi connectivity index (χ4n) is 1.30. The minimum absolute atomic E-state index is 0.169. The van der Waals surface area contributed by atoms with Gasteiger partial charge in [0.15, 0.2) is 11.6 Å². The van der Waals surface area contributed by atoms with Crippen LogP contribution in [0.15, 0.2) is 18.2 Å². The number of hydrogen-bond acceptors (Lipinski definition) is 3. The number of rotatable bonds is 6. The molecular formula is C12H18FNO2. The van der Waals surface area contributed by atoms with Crippen LogP contribution in [0.5, 0.6) is 5.75 Å². The normalized spacial score (nSPS) is 12.5. The zero-order chi connectivity index (χ0) is 12.0. The molecule has 0 unspecified atom stereocenters. The molecule has 0 bridgehead atoms. The minimum Gasteiger partial charge on any atom is -0.490 e. The number of benzene rings is 1. The molecule has 1 aromatic rings. The molecule has 3 nitrogen and oxygen atoms in total. The molecule has 0 fully saturated rings. The summed E-state index contributed by atoms with van der Waals surface area (Å²) in [6.07, 6.45) is 0.741. The van der Waals surface area contributed by atoms with Gasteiger partial charge in [-0.3, -0.25) is 0 Å². The smallest absolute Gasteiger partial charge is 0.165 e. The van der Waals surface area contributed by atoms with Gasteiger partial charge in [0.25, 0.3) is 0 Å². The SMILES string of the molecule is COCCCOc1ccc([C@H](C)N)cc1F. The Bertz CT molecular complexity index is 329. The summed E-state index contributed by atoms with van der Waals surface area (Å²) in [4.78, 5) is 0. The zero-order valence-electron chi connectivity index (χ0n) is 9.70. The van der Waals surface area contributed by atoms with Gasteiger partial charge in [0.2, 0.25) is 0 Å². The Morgan fingerprint density at radius 3 is 2.69 bits per heavy atom. The van der Waals surface area contributed by atoms with Crippen molar-refractivity contribution in [2.45, 2.75) is 19.4 Å². The van der Waals surface area contributed by atoms with Crippen molar-refractivity contribution in [3.8, 4) is 5.75 Å². The molecule has 1 aromatic carbocycles. The van der Waals surface area contributed by atoms with Crippen LogP contribution in [0.25, 0.3) is 0 Å². The zero-order valence-corrected chi connectivity index (χ0v) is 9.70. The number of halogens is 1. The first-order chi connectivity index (χ1) is 7.65. The van der Waals surface area contributed by atoms with Crippen LogP contribution >= 0.6 is 0 Å². The summed E-state index contributed by atoms with van der Waals surface area (Å²) in [5, 5.41) is 0. The monoisotopic (exact) mass is 227 g/mol. The van der Waals surface area contributed by atoms with Crippen LogP contribution in [0, 0.1) is 5.82 Å². The Kier molecular flexibility index (Phi) is 5.22. The van der Waals surface area contributed by atoms with Gasteiger partial charge in [-0.15, -0.1) is 0 Å². The van der Waals surface area contributed by atoms with E-state index in [9.17, 15) is 4.39 Å². The van der Waals surface area contributed by atoms with Crippen LogP contribution in [0.1, 0.15) is 24.9 Å². The maximum Gasteiger partial charge on any atom is 0.165 e. The molecule has 2 N–H and O–H groups in total. The maximum atomic E-state index is 13.5. The van der Waals surface area contributed by atoms with Crippen molar-refractivity contribution in [3.05, 3.63) is 29.6 Å². The summed E-state index contributed by atoms with van der Waals surface area (Å²) in [7, 11) is 1.62. The molecule has 0 aromatic heterocycles. The van der Waals surface area contributed by atoms with E-state index in [2.05, 4.69) is 0 Å². The summed E-state index contributed by atoms with van der Waals surface area (Å²) in [5.74, 6) is -0.104. The topological polar surface area (TPSA) is 44.5 Å². The Morgan fingerprint density at radius 1 is 1.38 bits per heavy atom. The Labute approximate surface area is 95.4 Å². The number of methoxy groups -OCH3 is 1. The lowest BCUT2D eigenvalue weighted by molar-refractivity contribution is 0.170. The lowest BCUT2D eigenvalue weighted by Gasteiger charge is -2.10. The summed E-state index contributed by atoms with van der Waals surface area (Å²) in [6.45, 7) is 2.87. The molecule has 1 atom stereocenters. The third kappa shape index (κ3) is 3.79. The third-order valence-electron chi connectivity index (χ3n) is 2.23. The van der Waals surface area contributed by atoms with E-state index in [4.69, 9.17) is 15.2 Å². The molecule has 4 heteroatoms. The van der Waals surface area contributed by atoms with Crippen molar-refractivity contribution in [3.63, 3.8) is 0 Å². The Morgan fingerprint density at radius 2 is 2.12 bits per heavy atom. The van der Waals surface area contributed by atoms with Gasteiger partial charge in [0.1, 0.15) is 0 Å². The minimum atomic E-state index is -0.368. The van der Waals surface area contributed by atoms with Gasteiger partial charge >= 0.3 is 0 Å². The molecule has 0 amide bonds. The fraction of sp³-hybridized carbons (Fsp3) is 0.500. The molecule has 0 saturated heterocycles. The van der Waals surface area contributed by atoms with E-state index >= 15 is 0 Å². The van der Waals surface area contributed by atoms with Gasteiger partial charge < -0.3 is 15.2 Å². The lowest BCUT2D eigenvalue weighted by atomic mass is 10.1. The van der Waals surface area contributed by atoms with E-state index in [1.807, 2.05) is 6.92 Å². The van der Waals surface area contributed by atoms with E-state index in [1.165, 1.54) is 6.07 Å². The van der Waals surface area contributed by atoms with Crippen molar-refractivity contribution in [1.82, 2.24) is 0 Å². The van der Waals surface area contributed by atoms with E-state index in [1.54, 1.807) is 19.2 Å². The Hall–Kier alpha value is -1.13. The predicted molar refractivity (Wildman–Crippen MR) is 61.0 cm³/mol. The van der Waals surface area contributed by atoms with Gasteiger partial charge in [-0.1, -0.05) is 6.07 Å². The van der Waals surface area contributed by atoms with Crippen molar-refractivity contribution in [1.29, 1.82) is 0 Å². The number of nitrogens with two attached hydrogens (primary N) is 1. The van der Waals surface area contributed by atoms with Gasteiger partial charge in [-0.05, 0) is 24.6 Å². The molecule has 0 radical (unpaired) electrons. The van der Waals surface area contributed by atoms with Crippen LogP contribution in [0.4, 0.5) is 4.39 Å². The van der Waals surface area contributed by atoms with Gasteiger partial charge in [-0.2, -0.15) is 0 Å². The second-order valence-electron chi connectivity index (χ2n) is 3.67. The maximum absolute atomic E-state index is 13.5. The molecule has 0 spiro atoms. The largest absolute Gasteiger partial charge is 0.490 e. The van der Waals surface area contributed by atoms with Gasteiger partial charge in [0.05, 0.1) is 6.61 Å². The highest BCUT2D eigenvalue weighted by molar-refractivity contribution is 5.30. The fourth-order valence-corrected chi connectivity index (χ4v) is 1.30. The number of hydrogen-bond donors (Lipinski definition) is 1. The van der Waals surface area contributed by atoms with E-state index in [-0.39, 0.29) is 17.6 Å². The second-order valence-corrected chi connectivity index (χ2v) is 3.67. The highest BCUT2D eigenvalue weighted by Gasteiger charge is 2.06. The summed E-state index contributed by atoms with van der Waals surface area (Å²) < 4.78 is 23.7. The van der Waals surface area contributed by atoms with Gasteiger partial charge in [0, 0.05) is 26.2 Å². The van der Waals surface area contributed by atoms with Crippen LogP contribution in [-0.4, -0.2) is 20.3 Å². The van der Waals surface area contributed by atoms with Crippen LogP contribution in [-0.2, 0) is 4.74 Å². The van der Waals surface area contributed by atoms with Crippen molar-refractivity contribution < 1.29 is 13.9 Å². The van der Waals surface area contributed by atoms with Crippen LogP contribution in [0.2, 0.25) is 0 Å². The number of ether oxygens (including phenoxy) is 2. The predicted octanol–water partition coefficient (Wildman–Crippen LogP) is 2.26. The highest BCUT2D eigenvalue weighted by Crippen LogP contribution is 2.21. The molecule has 16 heavy (non-hydrogen) atoms. The summed E-state index contributed by atoms with van der Waals surface area (Å²) in [6, 6.07) is 4.63. The summed E-state index contributed by atoms with van der Waals surface area (Å²) >= 11 is 0. The van der Waals surface area contributed by atoms with Crippen molar-refractivity contribution in [2.75, 3.05) is 20.3 Å². The average Bonchev–Trinajstić information content (AvgIpc) is 2.26. The molecule has 90 valence electrons. The molecule has 0 saturated carbocycles. The molecule has 0 aliphatic carbocycles. The summed E-state index contributed by atoms with van der Waals surface area (Å²) in [5.41, 5.74) is 6.41. The molecule has 0 aliphatic rings. The molecular weight excluding hydrogens is 209 g/mol.